The maximum atomic E-state index is 5.46. The van der Waals surface area contributed by atoms with Gasteiger partial charge in [0.05, 0.1) is 0 Å². The van der Waals surface area contributed by atoms with Crippen molar-refractivity contribution in [2.45, 2.75) is 6.17 Å². The van der Waals surface area contributed by atoms with Gasteiger partial charge in [0.15, 0.2) is 6.17 Å². The van der Waals surface area contributed by atoms with Crippen LogP contribution in [0.15, 0.2) is 247 Å². The highest BCUT2D eigenvalue weighted by molar-refractivity contribution is 6.18. The summed E-state index contributed by atoms with van der Waals surface area (Å²) in [4.78, 5) is 10.8. The predicted molar refractivity (Wildman–Crippen MR) is 251 cm³/mol. The smallest absolute Gasteiger partial charge is 0.170 e. The summed E-state index contributed by atoms with van der Waals surface area (Å²) in [6, 6.07) is 83.6. The Bertz CT molecular complexity index is 3000. The number of nitrogens with one attached hydrogen (secondary N) is 1. The fourth-order valence-electron chi connectivity index (χ4n) is 8.31. The van der Waals surface area contributed by atoms with Crippen LogP contribution >= 0.6 is 0 Å². The predicted octanol–water partition coefficient (Wildman–Crippen LogP) is 14.2. The Morgan fingerprint density at radius 1 is 0.250 bits per heavy atom. The highest BCUT2D eigenvalue weighted by Crippen LogP contribution is 2.39. The van der Waals surface area contributed by atoms with Crippen LogP contribution in [-0.2, 0) is 0 Å². The van der Waals surface area contributed by atoms with Crippen molar-refractivity contribution in [1.82, 2.24) is 5.32 Å². The van der Waals surface area contributed by atoms with Gasteiger partial charge in [-0.1, -0.05) is 224 Å². The topological polar surface area (TPSA) is 36.8 Å². The quantitative estimate of drug-likeness (QED) is 0.156. The average molecular weight is 768 g/mol. The minimum absolute atomic E-state index is 0.495. The van der Waals surface area contributed by atoms with Gasteiger partial charge < -0.3 is 5.32 Å². The van der Waals surface area contributed by atoms with Crippen LogP contribution in [0.2, 0.25) is 0 Å². The number of benzene rings is 9. The van der Waals surface area contributed by atoms with Crippen molar-refractivity contribution in [3.63, 3.8) is 0 Å². The molecule has 1 aliphatic rings. The fraction of sp³-hybridized carbons (Fsp3) is 0.0175. The van der Waals surface area contributed by atoms with Crippen LogP contribution in [0.3, 0.4) is 0 Å². The molecule has 3 nitrogen and oxygen atoms in total. The first-order chi connectivity index (χ1) is 29.8. The summed E-state index contributed by atoms with van der Waals surface area (Å²) in [5.41, 5.74) is 17.0. The molecule has 0 amide bonds. The summed E-state index contributed by atoms with van der Waals surface area (Å²) in [6.45, 7) is 0. The van der Waals surface area contributed by atoms with E-state index in [0.29, 0.717) is 0 Å². The second kappa shape index (κ2) is 16.5. The van der Waals surface area contributed by atoms with Gasteiger partial charge in [-0.15, -0.1) is 0 Å². The van der Waals surface area contributed by atoms with Crippen molar-refractivity contribution in [2.75, 3.05) is 0 Å². The highest BCUT2D eigenvalue weighted by atomic mass is 15.2. The minimum atomic E-state index is -0.495. The molecule has 1 unspecified atom stereocenters. The summed E-state index contributed by atoms with van der Waals surface area (Å²) >= 11 is 0. The molecule has 1 aliphatic heterocycles. The number of aliphatic imine (C=N–C) groups is 2. The highest BCUT2D eigenvalue weighted by Gasteiger charge is 2.25. The molecule has 0 spiro atoms. The normalized spacial score (nSPS) is 13.5. The van der Waals surface area contributed by atoms with E-state index < -0.39 is 6.17 Å². The van der Waals surface area contributed by atoms with E-state index in [4.69, 9.17) is 9.98 Å². The van der Waals surface area contributed by atoms with Crippen LogP contribution in [0.4, 0.5) is 0 Å². The van der Waals surface area contributed by atoms with Gasteiger partial charge in [-0.05, 0) is 78.9 Å². The average Bonchev–Trinajstić information content (AvgIpc) is 3.35. The van der Waals surface area contributed by atoms with E-state index in [2.05, 4.69) is 236 Å². The van der Waals surface area contributed by atoms with Gasteiger partial charge in [0.1, 0.15) is 11.7 Å². The number of amidine groups is 2. The molecule has 1 atom stereocenters. The van der Waals surface area contributed by atoms with Crippen LogP contribution in [-0.4, -0.2) is 11.7 Å². The molecule has 284 valence electrons. The Hall–Kier alpha value is -7.88. The fourth-order valence-corrected chi connectivity index (χ4v) is 8.31. The van der Waals surface area contributed by atoms with Crippen molar-refractivity contribution in [3.8, 4) is 66.8 Å². The molecule has 0 saturated heterocycles. The van der Waals surface area contributed by atoms with E-state index >= 15 is 0 Å². The van der Waals surface area contributed by atoms with Crippen molar-refractivity contribution in [3.05, 3.63) is 253 Å². The van der Waals surface area contributed by atoms with Crippen molar-refractivity contribution in [2.24, 2.45) is 9.98 Å². The Balaban J connectivity index is 1.07. The summed E-state index contributed by atoms with van der Waals surface area (Å²) in [7, 11) is 0. The van der Waals surface area contributed by atoms with E-state index in [1.165, 1.54) is 33.4 Å². The third-order valence-corrected chi connectivity index (χ3v) is 11.2. The SMILES string of the molecule is c1ccc(C2=NC(c3ccccc3-c3cccc(-c4ccccc4-c4ccccc4)c3)N=C(c3ccccc3-c3cccc(-c4ccccc4-c4ccccc4)c3)N2)cc1. The van der Waals surface area contributed by atoms with E-state index in [1.54, 1.807) is 0 Å². The van der Waals surface area contributed by atoms with Gasteiger partial charge in [-0.3, -0.25) is 0 Å². The molecular weight excluding hydrogens is 727 g/mol. The second-order valence-corrected chi connectivity index (χ2v) is 14.9. The van der Waals surface area contributed by atoms with Crippen LogP contribution in [0.25, 0.3) is 66.8 Å². The largest absolute Gasteiger partial charge is 0.324 e. The Kier molecular flexibility index (Phi) is 10.0. The lowest BCUT2D eigenvalue weighted by atomic mass is 9.91. The lowest BCUT2D eigenvalue weighted by Gasteiger charge is -2.25. The lowest BCUT2D eigenvalue weighted by molar-refractivity contribution is 0.757. The molecule has 10 rings (SSSR count). The maximum Gasteiger partial charge on any atom is 0.170 e. The van der Waals surface area contributed by atoms with E-state index in [-0.39, 0.29) is 0 Å². The molecular formula is C57H41N3. The Labute approximate surface area is 351 Å². The van der Waals surface area contributed by atoms with Crippen LogP contribution < -0.4 is 5.32 Å². The Morgan fingerprint density at radius 2 is 0.567 bits per heavy atom. The van der Waals surface area contributed by atoms with Gasteiger partial charge in [-0.2, -0.15) is 0 Å². The maximum absolute atomic E-state index is 5.46. The number of hydrogen-bond acceptors (Lipinski definition) is 3. The number of nitrogens with zero attached hydrogens (tertiary/aromatic N) is 2. The number of rotatable bonds is 9. The van der Waals surface area contributed by atoms with Gasteiger partial charge in [0.2, 0.25) is 0 Å². The van der Waals surface area contributed by atoms with Crippen LogP contribution in [0.5, 0.6) is 0 Å². The van der Waals surface area contributed by atoms with Gasteiger partial charge >= 0.3 is 0 Å². The molecule has 60 heavy (non-hydrogen) atoms. The van der Waals surface area contributed by atoms with Gasteiger partial charge in [-0.25, -0.2) is 9.98 Å². The first-order valence-corrected chi connectivity index (χ1v) is 20.4. The number of hydrogen-bond donors (Lipinski definition) is 1. The summed E-state index contributed by atoms with van der Waals surface area (Å²) in [6.07, 6.45) is -0.495. The third-order valence-electron chi connectivity index (χ3n) is 11.2. The van der Waals surface area contributed by atoms with E-state index in [0.717, 1.165) is 61.7 Å². The van der Waals surface area contributed by atoms with E-state index in [1.807, 2.05) is 6.07 Å². The zero-order chi connectivity index (χ0) is 40.1. The molecule has 9 aromatic carbocycles. The summed E-state index contributed by atoms with van der Waals surface area (Å²) < 4.78 is 0. The standard InChI is InChI=1S/C57H41N3/c1-4-20-40(21-5-1)47-30-10-12-32-49(47)43-26-18-28-45(38-43)51-34-14-16-36-53(51)56-58-55(42-24-8-3-9-25-42)59-57(60-56)54-37-17-15-35-52(54)46-29-19-27-44(39-46)50-33-13-11-31-48(50)41-22-6-2-7-23-41/h1-39,56H,(H,58,59,60). The molecule has 1 N–H and O–H groups in total. The lowest BCUT2D eigenvalue weighted by Crippen LogP contribution is -2.36. The Morgan fingerprint density at radius 3 is 1.05 bits per heavy atom. The molecule has 0 radical (unpaired) electrons. The first kappa shape index (κ1) is 36.5. The first-order valence-electron chi connectivity index (χ1n) is 20.4. The molecule has 0 aliphatic carbocycles. The van der Waals surface area contributed by atoms with Crippen LogP contribution in [0, 0.1) is 0 Å². The van der Waals surface area contributed by atoms with Crippen molar-refractivity contribution >= 4 is 11.7 Å². The van der Waals surface area contributed by atoms with Crippen molar-refractivity contribution < 1.29 is 0 Å². The molecule has 0 saturated carbocycles. The minimum Gasteiger partial charge on any atom is -0.324 e. The molecule has 0 fully saturated rings. The summed E-state index contributed by atoms with van der Waals surface area (Å²) in [5.74, 6) is 1.56. The zero-order valence-electron chi connectivity index (χ0n) is 33.0. The van der Waals surface area contributed by atoms with Crippen molar-refractivity contribution in [1.29, 1.82) is 0 Å². The molecule has 9 aromatic rings. The third kappa shape index (κ3) is 7.37. The van der Waals surface area contributed by atoms with Gasteiger partial charge in [0.25, 0.3) is 0 Å². The zero-order valence-corrected chi connectivity index (χ0v) is 33.0. The molecule has 1 heterocycles. The second-order valence-electron chi connectivity index (χ2n) is 14.9. The van der Waals surface area contributed by atoms with Crippen LogP contribution in [0.1, 0.15) is 22.9 Å². The van der Waals surface area contributed by atoms with E-state index in [9.17, 15) is 0 Å². The molecule has 0 bridgehead atoms. The monoisotopic (exact) mass is 767 g/mol. The molecule has 3 heteroatoms. The summed E-state index contributed by atoms with van der Waals surface area (Å²) in [5, 5.41) is 3.68. The molecule has 0 aromatic heterocycles. The van der Waals surface area contributed by atoms with Gasteiger partial charge in [0, 0.05) is 16.7 Å².